The molecule has 0 spiro atoms. The summed E-state index contributed by atoms with van der Waals surface area (Å²) < 4.78 is 50.4. The molecule has 1 aromatic heterocycles. The van der Waals surface area contributed by atoms with Crippen LogP contribution in [0.2, 0.25) is 0 Å². The molecule has 0 unspecified atom stereocenters. The van der Waals surface area contributed by atoms with Gasteiger partial charge in [0, 0.05) is 12.6 Å². The monoisotopic (exact) mass is 308 g/mol. The van der Waals surface area contributed by atoms with Gasteiger partial charge in [-0.15, -0.1) is 13.2 Å². The zero-order chi connectivity index (χ0) is 16.0. The number of alkyl halides is 3. The average molecular weight is 308 g/mol. The fourth-order valence-electron chi connectivity index (χ4n) is 1.57. The Hall–Kier alpha value is -2.03. The summed E-state index contributed by atoms with van der Waals surface area (Å²) in [5.74, 6) is -1.15. The number of nitrogens with zero attached hydrogens (tertiary/aromatic N) is 1. The Bertz CT molecular complexity index is 506. The van der Waals surface area contributed by atoms with E-state index in [0.29, 0.717) is 0 Å². The Kier molecular flexibility index (Phi) is 5.77. The van der Waals surface area contributed by atoms with Crippen molar-refractivity contribution in [3.8, 4) is 11.5 Å². The second kappa shape index (κ2) is 7.11. The van der Waals surface area contributed by atoms with E-state index in [-0.39, 0.29) is 36.7 Å². The first-order valence-corrected chi connectivity index (χ1v) is 5.99. The van der Waals surface area contributed by atoms with Gasteiger partial charge in [-0.05, 0) is 6.92 Å². The smallest absolute Gasteiger partial charge is 0.495 e. The Balaban J connectivity index is 3.13. The molecule has 2 N–H and O–H groups in total. The summed E-state index contributed by atoms with van der Waals surface area (Å²) in [5, 5.41) is 0. The molecule has 0 atom stereocenters. The fraction of sp³-hybridized carbons (Fsp3) is 0.500. The number of aromatic nitrogens is 1. The Morgan fingerprint density at radius 3 is 2.48 bits per heavy atom. The van der Waals surface area contributed by atoms with Gasteiger partial charge in [-0.25, -0.2) is 4.98 Å². The van der Waals surface area contributed by atoms with Gasteiger partial charge in [0.1, 0.15) is 5.75 Å². The number of carbonyl (C=O) groups excluding carboxylic acids is 1. The van der Waals surface area contributed by atoms with Gasteiger partial charge in [0.05, 0.1) is 31.5 Å². The van der Waals surface area contributed by atoms with Crippen molar-refractivity contribution in [1.82, 2.24) is 4.98 Å². The van der Waals surface area contributed by atoms with Gasteiger partial charge in [0.2, 0.25) is 0 Å². The highest BCUT2D eigenvalue weighted by molar-refractivity contribution is 5.73. The van der Waals surface area contributed by atoms with Gasteiger partial charge in [-0.1, -0.05) is 0 Å². The van der Waals surface area contributed by atoms with Gasteiger partial charge < -0.3 is 19.9 Å². The average Bonchev–Trinajstić information content (AvgIpc) is 2.38. The van der Waals surface area contributed by atoms with Crippen LogP contribution < -0.4 is 15.2 Å². The minimum Gasteiger partial charge on any atom is -0.495 e. The highest BCUT2D eigenvalue weighted by Gasteiger charge is 2.33. The number of esters is 1. The Labute approximate surface area is 119 Å². The molecule has 0 aliphatic heterocycles. The molecule has 0 radical (unpaired) electrons. The number of hydrogen-bond donors (Lipinski definition) is 1. The quantitative estimate of drug-likeness (QED) is 0.803. The largest absolute Gasteiger partial charge is 0.573 e. The van der Waals surface area contributed by atoms with Gasteiger partial charge in [-0.3, -0.25) is 4.79 Å². The summed E-state index contributed by atoms with van der Waals surface area (Å²) >= 11 is 0. The van der Waals surface area contributed by atoms with Crippen LogP contribution in [0.3, 0.4) is 0 Å². The third kappa shape index (κ3) is 5.10. The highest BCUT2D eigenvalue weighted by Crippen LogP contribution is 2.31. The number of carbonyl (C=O) groups is 1. The van der Waals surface area contributed by atoms with E-state index in [4.69, 9.17) is 15.2 Å². The fourth-order valence-corrected chi connectivity index (χ4v) is 1.57. The van der Waals surface area contributed by atoms with Crippen molar-refractivity contribution in [1.29, 1.82) is 0 Å². The number of nitrogens with two attached hydrogens (primary N) is 1. The lowest BCUT2D eigenvalue weighted by Gasteiger charge is -2.15. The van der Waals surface area contributed by atoms with Gasteiger partial charge in [0.15, 0.2) is 5.75 Å². The van der Waals surface area contributed by atoms with E-state index < -0.39 is 18.1 Å². The molecule has 1 aromatic rings. The van der Waals surface area contributed by atoms with E-state index in [9.17, 15) is 18.0 Å². The number of rotatable bonds is 6. The molecule has 21 heavy (non-hydrogen) atoms. The molecule has 0 aromatic carbocycles. The topological polar surface area (TPSA) is 83.7 Å². The Morgan fingerprint density at radius 1 is 1.33 bits per heavy atom. The summed E-state index contributed by atoms with van der Waals surface area (Å²) in [6.45, 7) is 1.53. The summed E-state index contributed by atoms with van der Waals surface area (Å²) in [4.78, 5) is 15.3. The molecule has 0 saturated carbocycles. The Morgan fingerprint density at radius 2 is 2.00 bits per heavy atom. The van der Waals surface area contributed by atoms with Crippen LogP contribution >= 0.6 is 0 Å². The van der Waals surface area contributed by atoms with Crippen LogP contribution in [-0.4, -0.2) is 31.0 Å². The molecule has 0 saturated heterocycles. The van der Waals surface area contributed by atoms with Crippen molar-refractivity contribution < 1.29 is 32.2 Å². The van der Waals surface area contributed by atoms with Crippen molar-refractivity contribution in [2.45, 2.75) is 26.3 Å². The van der Waals surface area contributed by atoms with E-state index in [2.05, 4.69) is 9.72 Å². The summed E-state index contributed by atoms with van der Waals surface area (Å²) in [7, 11) is 1.24. The van der Waals surface area contributed by atoms with E-state index >= 15 is 0 Å². The van der Waals surface area contributed by atoms with Crippen molar-refractivity contribution in [2.24, 2.45) is 5.73 Å². The molecule has 1 rings (SSSR count). The number of pyridine rings is 1. The third-order valence-corrected chi connectivity index (χ3v) is 2.36. The molecule has 0 bridgehead atoms. The molecule has 0 amide bonds. The first kappa shape index (κ1) is 17.0. The SMILES string of the molecule is CCOC(=O)Cc1nc(CN)c(OC(F)(F)F)cc1OC. The minimum atomic E-state index is -4.88. The first-order chi connectivity index (χ1) is 9.80. The number of hydrogen-bond acceptors (Lipinski definition) is 6. The molecule has 6 nitrogen and oxygen atoms in total. The van der Waals surface area contributed by atoms with Crippen LogP contribution in [0.5, 0.6) is 11.5 Å². The zero-order valence-electron chi connectivity index (χ0n) is 11.5. The van der Waals surface area contributed by atoms with E-state index in [1.807, 2.05) is 0 Å². The second-order valence-electron chi connectivity index (χ2n) is 3.82. The van der Waals surface area contributed by atoms with E-state index in [0.717, 1.165) is 6.07 Å². The van der Waals surface area contributed by atoms with Crippen molar-refractivity contribution >= 4 is 5.97 Å². The molecule has 0 fully saturated rings. The van der Waals surface area contributed by atoms with Crippen molar-refractivity contribution in [3.63, 3.8) is 0 Å². The molecule has 0 aliphatic rings. The predicted octanol–water partition coefficient (Wildman–Crippen LogP) is 1.55. The van der Waals surface area contributed by atoms with Gasteiger partial charge in [0.25, 0.3) is 0 Å². The summed E-state index contributed by atoms with van der Waals surface area (Å²) in [6.07, 6.45) is -5.12. The standard InChI is InChI=1S/C12H15F3N2O4/c1-3-20-11(18)4-7-9(19-2)5-10(8(6-16)17-7)21-12(13,14)15/h5H,3-4,6,16H2,1-2H3. The lowest BCUT2D eigenvalue weighted by Crippen LogP contribution is -2.20. The van der Waals surface area contributed by atoms with Gasteiger partial charge in [-0.2, -0.15) is 0 Å². The van der Waals surface area contributed by atoms with Crippen LogP contribution in [0.25, 0.3) is 0 Å². The maximum atomic E-state index is 12.3. The minimum absolute atomic E-state index is 0.0143. The second-order valence-corrected chi connectivity index (χ2v) is 3.82. The molecule has 9 heteroatoms. The van der Waals surface area contributed by atoms with Crippen LogP contribution in [0, 0.1) is 0 Å². The lowest BCUT2D eigenvalue weighted by atomic mass is 10.2. The van der Waals surface area contributed by atoms with Crippen molar-refractivity contribution in [2.75, 3.05) is 13.7 Å². The molecular formula is C12H15F3N2O4. The molecular weight excluding hydrogens is 293 g/mol. The van der Waals surface area contributed by atoms with Crippen LogP contribution in [0.15, 0.2) is 6.07 Å². The lowest BCUT2D eigenvalue weighted by molar-refractivity contribution is -0.275. The van der Waals surface area contributed by atoms with Crippen LogP contribution in [0.4, 0.5) is 13.2 Å². The number of methoxy groups -OCH3 is 1. The zero-order valence-corrected chi connectivity index (χ0v) is 11.5. The number of halogens is 3. The normalized spacial score (nSPS) is 11.1. The maximum absolute atomic E-state index is 12.3. The predicted molar refractivity (Wildman–Crippen MR) is 65.7 cm³/mol. The van der Waals surface area contributed by atoms with Crippen LogP contribution in [0.1, 0.15) is 18.3 Å². The van der Waals surface area contributed by atoms with Crippen molar-refractivity contribution in [3.05, 3.63) is 17.5 Å². The molecule has 0 aliphatic carbocycles. The molecule has 1 heterocycles. The molecule has 118 valence electrons. The third-order valence-electron chi connectivity index (χ3n) is 2.36. The maximum Gasteiger partial charge on any atom is 0.573 e. The summed E-state index contributed by atoms with van der Waals surface area (Å²) in [6, 6.07) is 0.997. The van der Waals surface area contributed by atoms with E-state index in [1.165, 1.54) is 7.11 Å². The summed E-state index contributed by atoms with van der Waals surface area (Å²) in [5.41, 5.74) is 5.35. The van der Waals surface area contributed by atoms with Crippen LogP contribution in [-0.2, 0) is 22.5 Å². The first-order valence-electron chi connectivity index (χ1n) is 5.99. The number of ether oxygens (including phenoxy) is 3. The highest BCUT2D eigenvalue weighted by atomic mass is 19.4. The van der Waals surface area contributed by atoms with E-state index in [1.54, 1.807) is 6.92 Å². The van der Waals surface area contributed by atoms with Gasteiger partial charge >= 0.3 is 12.3 Å².